The molecule has 0 aliphatic carbocycles. The summed E-state index contributed by atoms with van der Waals surface area (Å²) >= 11 is 0. The lowest BCUT2D eigenvalue weighted by molar-refractivity contribution is -0.126. The standard InChI is InChI=1S/C20H16N4O2/c25-19(16-8-4-5-9-21-16)24-12-20(13-24)15-10-22-18(23-17(15)11-26-20)14-6-2-1-3-7-14/h1-10H,11-13H2. The van der Waals surface area contributed by atoms with Gasteiger partial charge in [-0.25, -0.2) is 9.97 Å². The number of hydrogen-bond acceptors (Lipinski definition) is 5. The summed E-state index contributed by atoms with van der Waals surface area (Å²) in [5.74, 6) is 0.626. The molecule has 0 N–H and O–H groups in total. The third-order valence-corrected chi connectivity index (χ3v) is 4.94. The highest BCUT2D eigenvalue weighted by Gasteiger charge is 2.52. The van der Waals surface area contributed by atoms with E-state index in [1.807, 2.05) is 42.6 Å². The zero-order valence-electron chi connectivity index (χ0n) is 14.0. The van der Waals surface area contributed by atoms with Crippen LogP contribution in [0.25, 0.3) is 11.4 Å². The highest BCUT2D eigenvalue weighted by molar-refractivity contribution is 5.93. The number of amides is 1. The molecule has 1 aromatic carbocycles. The highest BCUT2D eigenvalue weighted by atomic mass is 16.5. The van der Waals surface area contributed by atoms with Crippen LogP contribution in [0, 0.1) is 0 Å². The predicted octanol–water partition coefficient (Wildman–Crippen LogP) is 2.42. The van der Waals surface area contributed by atoms with Crippen LogP contribution in [-0.4, -0.2) is 38.8 Å². The number of benzene rings is 1. The van der Waals surface area contributed by atoms with Crippen molar-refractivity contribution in [2.75, 3.05) is 13.1 Å². The first-order valence-corrected chi connectivity index (χ1v) is 8.51. The van der Waals surface area contributed by atoms with Crippen molar-refractivity contribution >= 4 is 5.91 Å². The van der Waals surface area contributed by atoms with Gasteiger partial charge < -0.3 is 9.64 Å². The molecular weight excluding hydrogens is 328 g/mol. The van der Waals surface area contributed by atoms with Gasteiger partial charge in [0.15, 0.2) is 5.82 Å². The highest BCUT2D eigenvalue weighted by Crippen LogP contribution is 2.43. The van der Waals surface area contributed by atoms with E-state index in [1.54, 1.807) is 23.2 Å². The summed E-state index contributed by atoms with van der Waals surface area (Å²) in [4.78, 5) is 27.6. The van der Waals surface area contributed by atoms with Crippen molar-refractivity contribution in [3.63, 3.8) is 0 Å². The predicted molar refractivity (Wildman–Crippen MR) is 94.1 cm³/mol. The molecule has 1 spiro atoms. The van der Waals surface area contributed by atoms with Gasteiger partial charge in [0.05, 0.1) is 25.4 Å². The first-order chi connectivity index (χ1) is 12.8. The number of fused-ring (bicyclic) bond motifs is 2. The molecule has 0 saturated carbocycles. The fourth-order valence-electron chi connectivity index (χ4n) is 3.55. The fraction of sp³-hybridized carbons (Fsp3) is 0.200. The topological polar surface area (TPSA) is 68.2 Å². The summed E-state index contributed by atoms with van der Waals surface area (Å²) in [7, 11) is 0. The van der Waals surface area contributed by atoms with Crippen molar-refractivity contribution < 1.29 is 9.53 Å². The van der Waals surface area contributed by atoms with Gasteiger partial charge in [0, 0.05) is 23.5 Å². The Hall–Kier alpha value is -3.12. The minimum Gasteiger partial charge on any atom is -0.360 e. The van der Waals surface area contributed by atoms with Gasteiger partial charge in [-0.1, -0.05) is 36.4 Å². The third-order valence-electron chi connectivity index (χ3n) is 4.94. The molecule has 1 amide bonds. The van der Waals surface area contributed by atoms with Gasteiger partial charge >= 0.3 is 0 Å². The van der Waals surface area contributed by atoms with Crippen LogP contribution in [0.3, 0.4) is 0 Å². The zero-order valence-corrected chi connectivity index (χ0v) is 14.0. The molecule has 0 radical (unpaired) electrons. The van der Waals surface area contributed by atoms with Crippen LogP contribution in [0.5, 0.6) is 0 Å². The largest absolute Gasteiger partial charge is 0.360 e. The molecule has 6 heteroatoms. The average molecular weight is 344 g/mol. The Morgan fingerprint density at radius 2 is 1.85 bits per heavy atom. The maximum absolute atomic E-state index is 12.5. The maximum Gasteiger partial charge on any atom is 0.272 e. The van der Waals surface area contributed by atoms with E-state index in [4.69, 9.17) is 4.74 Å². The number of nitrogens with zero attached hydrogens (tertiary/aromatic N) is 4. The summed E-state index contributed by atoms with van der Waals surface area (Å²) in [6, 6.07) is 15.2. The van der Waals surface area contributed by atoms with Crippen molar-refractivity contribution in [2.24, 2.45) is 0 Å². The first-order valence-electron chi connectivity index (χ1n) is 8.51. The summed E-state index contributed by atoms with van der Waals surface area (Å²) < 4.78 is 6.04. The second kappa shape index (κ2) is 5.71. The quantitative estimate of drug-likeness (QED) is 0.714. The van der Waals surface area contributed by atoms with E-state index < -0.39 is 5.60 Å². The van der Waals surface area contributed by atoms with Crippen LogP contribution in [-0.2, 0) is 16.9 Å². The second-order valence-electron chi connectivity index (χ2n) is 6.58. The van der Waals surface area contributed by atoms with Gasteiger partial charge in [-0.3, -0.25) is 9.78 Å². The molecule has 3 aromatic rings. The third kappa shape index (κ3) is 2.30. The fourth-order valence-corrected chi connectivity index (χ4v) is 3.55. The lowest BCUT2D eigenvalue weighted by Gasteiger charge is -2.47. The van der Waals surface area contributed by atoms with Gasteiger partial charge in [0.25, 0.3) is 5.91 Å². The van der Waals surface area contributed by atoms with E-state index in [2.05, 4.69) is 15.0 Å². The summed E-state index contributed by atoms with van der Waals surface area (Å²) in [6.07, 6.45) is 3.48. The molecule has 2 aliphatic rings. The Morgan fingerprint density at radius 3 is 2.62 bits per heavy atom. The van der Waals surface area contributed by atoms with Crippen LogP contribution in [0.15, 0.2) is 60.9 Å². The minimum absolute atomic E-state index is 0.0740. The summed E-state index contributed by atoms with van der Waals surface area (Å²) in [5.41, 5.74) is 2.86. The molecule has 6 nitrogen and oxygen atoms in total. The number of carbonyl (C=O) groups is 1. The Labute approximate surface area is 150 Å². The molecule has 26 heavy (non-hydrogen) atoms. The molecule has 0 bridgehead atoms. The molecule has 0 atom stereocenters. The molecule has 1 fully saturated rings. The maximum atomic E-state index is 12.5. The Kier molecular flexibility index (Phi) is 3.33. The van der Waals surface area contributed by atoms with Crippen molar-refractivity contribution in [1.82, 2.24) is 19.9 Å². The van der Waals surface area contributed by atoms with Crippen LogP contribution in [0.1, 0.15) is 21.7 Å². The summed E-state index contributed by atoms with van der Waals surface area (Å²) in [6.45, 7) is 1.45. The number of carbonyl (C=O) groups excluding carboxylic acids is 1. The molecule has 2 aliphatic heterocycles. The lowest BCUT2D eigenvalue weighted by atomic mass is 9.87. The number of pyridine rings is 1. The van der Waals surface area contributed by atoms with Gasteiger partial charge in [0.1, 0.15) is 11.3 Å². The normalized spacial score (nSPS) is 17.0. The zero-order chi connectivity index (χ0) is 17.6. The monoisotopic (exact) mass is 344 g/mol. The van der Waals surface area contributed by atoms with Gasteiger partial charge in [-0.15, -0.1) is 0 Å². The second-order valence-corrected chi connectivity index (χ2v) is 6.58. The minimum atomic E-state index is -0.477. The van der Waals surface area contributed by atoms with Crippen LogP contribution < -0.4 is 0 Å². The Morgan fingerprint density at radius 1 is 1.04 bits per heavy atom. The lowest BCUT2D eigenvalue weighted by Crippen LogP contribution is -2.61. The number of ether oxygens (including phenoxy) is 1. The number of aromatic nitrogens is 3. The van der Waals surface area contributed by atoms with Crippen LogP contribution in [0.2, 0.25) is 0 Å². The van der Waals surface area contributed by atoms with E-state index in [1.165, 1.54) is 0 Å². The average Bonchev–Trinajstić information content (AvgIpc) is 3.07. The van der Waals surface area contributed by atoms with Gasteiger partial charge in [-0.05, 0) is 12.1 Å². The molecule has 5 rings (SSSR count). The molecule has 4 heterocycles. The van der Waals surface area contributed by atoms with E-state index >= 15 is 0 Å². The van der Waals surface area contributed by atoms with Crippen LogP contribution >= 0.6 is 0 Å². The molecule has 1 saturated heterocycles. The van der Waals surface area contributed by atoms with Gasteiger partial charge in [0.2, 0.25) is 0 Å². The van der Waals surface area contributed by atoms with E-state index in [-0.39, 0.29) is 5.91 Å². The van der Waals surface area contributed by atoms with Crippen molar-refractivity contribution in [3.8, 4) is 11.4 Å². The smallest absolute Gasteiger partial charge is 0.272 e. The van der Waals surface area contributed by atoms with E-state index in [0.717, 1.165) is 16.8 Å². The number of likely N-dealkylation sites (tertiary alicyclic amines) is 1. The number of hydrogen-bond donors (Lipinski definition) is 0. The van der Waals surface area contributed by atoms with Crippen LogP contribution in [0.4, 0.5) is 0 Å². The van der Waals surface area contributed by atoms with E-state index in [9.17, 15) is 4.79 Å². The molecule has 2 aromatic heterocycles. The van der Waals surface area contributed by atoms with E-state index in [0.29, 0.717) is 31.2 Å². The Balaban J connectivity index is 1.38. The molecular formula is C20H16N4O2. The van der Waals surface area contributed by atoms with Crippen molar-refractivity contribution in [3.05, 3.63) is 77.9 Å². The molecule has 128 valence electrons. The molecule has 0 unspecified atom stereocenters. The van der Waals surface area contributed by atoms with Gasteiger partial charge in [-0.2, -0.15) is 0 Å². The first kappa shape index (κ1) is 15.2. The Bertz CT molecular complexity index is 970. The SMILES string of the molecule is O=C(c1ccccn1)N1CC2(C1)OCc1nc(-c3ccccc3)ncc12. The summed E-state index contributed by atoms with van der Waals surface area (Å²) in [5, 5.41) is 0. The van der Waals surface area contributed by atoms with Crippen molar-refractivity contribution in [1.29, 1.82) is 0 Å². The number of rotatable bonds is 2. The van der Waals surface area contributed by atoms with Crippen molar-refractivity contribution in [2.45, 2.75) is 12.2 Å².